The third-order valence-corrected chi connectivity index (χ3v) is 11.1. The molecule has 4 amide bonds. The number of carbonyl (C=O) groups is 5. The molecular formula is C40H54N6O10S. The summed E-state index contributed by atoms with van der Waals surface area (Å²) in [5.41, 5.74) is 1.76. The third-order valence-electron chi connectivity index (χ3n) is 9.96. The fourth-order valence-electron chi connectivity index (χ4n) is 6.84. The molecule has 0 saturated carbocycles. The van der Waals surface area contributed by atoms with Crippen molar-refractivity contribution >= 4 is 51.3 Å². The van der Waals surface area contributed by atoms with Crippen molar-refractivity contribution in [3.05, 3.63) is 47.6 Å². The summed E-state index contributed by atoms with van der Waals surface area (Å²) in [7, 11) is 1.49. The second-order valence-electron chi connectivity index (χ2n) is 15.2. The van der Waals surface area contributed by atoms with Crippen LogP contribution in [0, 0.1) is 5.92 Å². The number of fused-ring (bicyclic) bond motifs is 1. The van der Waals surface area contributed by atoms with Gasteiger partial charge in [0.2, 0.25) is 17.7 Å². The van der Waals surface area contributed by atoms with Crippen LogP contribution in [0.15, 0.2) is 42.6 Å². The van der Waals surface area contributed by atoms with Gasteiger partial charge in [-0.15, -0.1) is 11.3 Å². The van der Waals surface area contributed by atoms with Crippen LogP contribution in [0.3, 0.4) is 0 Å². The monoisotopic (exact) mass is 810 g/mol. The van der Waals surface area contributed by atoms with Crippen molar-refractivity contribution in [3.8, 4) is 11.3 Å². The largest absolute Gasteiger partial charge is 0.480 e. The minimum absolute atomic E-state index is 0.136. The zero-order chi connectivity index (χ0) is 41.1. The smallest absolute Gasteiger partial charge is 0.410 e. The SMILES string of the molecule is C[C@@H](C(=O)N[C@H](C(=O)N1CCC[C@H]1c1nc2c(-c3ccccc3)nccc2s1)C1CCN(C(=O)COCCOCCOCC(=O)O)CC1)N(C)C(=O)OC(C)(C)C. The highest BCUT2D eigenvalue weighted by Gasteiger charge is 2.42. The number of carbonyl (C=O) groups excluding carboxylic acids is 4. The first-order chi connectivity index (χ1) is 27.2. The van der Waals surface area contributed by atoms with Crippen LogP contribution < -0.4 is 5.32 Å². The molecule has 0 bridgehead atoms. The lowest BCUT2D eigenvalue weighted by molar-refractivity contribution is -0.142. The quantitative estimate of drug-likeness (QED) is 0.186. The number of likely N-dealkylation sites (N-methyl/N-ethyl adjacent to an activating group) is 1. The number of amides is 4. The summed E-state index contributed by atoms with van der Waals surface area (Å²) in [5, 5.41) is 12.4. The molecule has 3 aromatic rings. The summed E-state index contributed by atoms with van der Waals surface area (Å²) in [6.07, 6.45) is 3.53. The number of carboxylic acid groups (broad SMARTS) is 1. The summed E-state index contributed by atoms with van der Waals surface area (Å²) in [4.78, 5) is 79.4. The zero-order valence-electron chi connectivity index (χ0n) is 33.3. The Morgan fingerprint density at radius 3 is 2.28 bits per heavy atom. The zero-order valence-corrected chi connectivity index (χ0v) is 34.1. The van der Waals surface area contributed by atoms with Crippen LogP contribution >= 0.6 is 11.3 Å². The van der Waals surface area contributed by atoms with Gasteiger partial charge in [-0.3, -0.25) is 24.3 Å². The summed E-state index contributed by atoms with van der Waals surface area (Å²) < 4.78 is 22.2. The number of carboxylic acids is 1. The van der Waals surface area contributed by atoms with E-state index in [4.69, 9.17) is 29.0 Å². The first-order valence-electron chi connectivity index (χ1n) is 19.3. The van der Waals surface area contributed by atoms with E-state index in [0.717, 1.165) is 32.9 Å². The molecule has 57 heavy (non-hydrogen) atoms. The van der Waals surface area contributed by atoms with E-state index in [1.54, 1.807) is 50.1 Å². The summed E-state index contributed by atoms with van der Waals surface area (Å²) >= 11 is 1.54. The summed E-state index contributed by atoms with van der Waals surface area (Å²) in [5.74, 6) is -2.24. The number of piperidine rings is 1. The fourth-order valence-corrected chi connectivity index (χ4v) is 7.95. The third kappa shape index (κ3) is 11.9. The number of thiazole rings is 1. The number of likely N-dealkylation sites (tertiary alicyclic amines) is 2. The molecule has 0 aliphatic carbocycles. The van der Waals surface area contributed by atoms with Gasteiger partial charge in [-0.2, -0.15) is 0 Å². The van der Waals surface area contributed by atoms with Crippen molar-refractivity contribution in [1.82, 2.24) is 30.0 Å². The lowest BCUT2D eigenvalue weighted by atomic mass is 9.88. The van der Waals surface area contributed by atoms with Gasteiger partial charge in [0.25, 0.3) is 0 Å². The number of nitrogens with zero attached hydrogens (tertiary/aromatic N) is 5. The van der Waals surface area contributed by atoms with Crippen molar-refractivity contribution in [2.45, 2.75) is 77.1 Å². The molecular weight excluding hydrogens is 757 g/mol. The average molecular weight is 811 g/mol. The van der Waals surface area contributed by atoms with Crippen molar-refractivity contribution < 1.29 is 48.0 Å². The Labute approximate surface area is 336 Å². The van der Waals surface area contributed by atoms with Gasteiger partial charge in [-0.05, 0) is 65.4 Å². The molecule has 2 fully saturated rings. The number of nitrogens with one attached hydrogen (secondary N) is 1. The molecule has 2 aliphatic rings. The van der Waals surface area contributed by atoms with Gasteiger partial charge in [0.15, 0.2) is 0 Å². The molecule has 17 heteroatoms. The van der Waals surface area contributed by atoms with E-state index in [2.05, 4.69) is 10.3 Å². The number of aromatic nitrogens is 2. The van der Waals surface area contributed by atoms with E-state index in [1.165, 1.54) is 11.9 Å². The van der Waals surface area contributed by atoms with E-state index >= 15 is 0 Å². The summed E-state index contributed by atoms with van der Waals surface area (Å²) in [6.45, 7) is 8.27. The number of hydrogen-bond acceptors (Lipinski definition) is 12. The predicted octanol–water partition coefficient (Wildman–Crippen LogP) is 4.14. The maximum absolute atomic E-state index is 14.7. The van der Waals surface area contributed by atoms with Crippen LogP contribution in [0.1, 0.15) is 64.4 Å². The minimum Gasteiger partial charge on any atom is -0.480 e. The average Bonchev–Trinajstić information content (AvgIpc) is 3.86. The van der Waals surface area contributed by atoms with E-state index in [1.807, 2.05) is 41.3 Å². The van der Waals surface area contributed by atoms with Crippen molar-refractivity contribution in [1.29, 1.82) is 0 Å². The topological polar surface area (TPSA) is 190 Å². The van der Waals surface area contributed by atoms with Gasteiger partial charge < -0.3 is 39.2 Å². The Bertz CT molecular complexity index is 1840. The molecule has 2 N–H and O–H groups in total. The maximum Gasteiger partial charge on any atom is 0.410 e. The number of pyridine rings is 1. The molecule has 2 aliphatic heterocycles. The number of benzene rings is 1. The van der Waals surface area contributed by atoms with Crippen molar-refractivity contribution in [2.75, 3.05) is 66.3 Å². The molecule has 310 valence electrons. The van der Waals surface area contributed by atoms with Crippen LogP contribution in [0.4, 0.5) is 4.79 Å². The number of aliphatic carboxylic acids is 1. The number of ether oxygens (including phenoxy) is 4. The highest BCUT2D eigenvalue weighted by atomic mass is 32.1. The van der Waals surface area contributed by atoms with Gasteiger partial charge in [0.05, 0.1) is 42.9 Å². The number of rotatable bonds is 17. The molecule has 0 unspecified atom stereocenters. The van der Waals surface area contributed by atoms with E-state index in [0.29, 0.717) is 38.9 Å². The van der Waals surface area contributed by atoms with Gasteiger partial charge in [0.1, 0.15) is 41.4 Å². The molecule has 3 atom stereocenters. The Balaban J connectivity index is 1.26. The van der Waals surface area contributed by atoms with Crippen LogP contribution in [-0.4, -0.2) is 144 Å². The molecule has 2 saturated heterocycles. The second-order valence-corrected chi connectivity index (χ2v) is 16.3. The van der Waals surface area contributed by atoms with Gasteiger partial charge in [-0.1, -0.05) is 30.3 Å². The van der Waals surface area contributed by atoms with E-state index in [-0.39, 0.29) is 56.8 Å². The van der Waals surface area contributed by atoms with Gasteiger partial charge in [0, 0.05) is 38.4 Å². The van der Waals surface area contributed by atoms with Crippen LogP contribution in [0.5, 0.6) is 0 Å². The normalized spacial score (nSPS) is 17.3. The van der Waals surface area contributed by atoms with Crippen LogP contribution in [0.25, 0.3) is 21.5 Å². The Hall–Kier alpha value is -4.71. The molecule has 4 heterocycles. The lowest BCUT2D eigenvalue weighted by Crippen LogP contribution is -2.58. The molecule has 5 rings (SSSR count). The maximum atomic E-state index is 14.7. The number of hydrogen-bond donors (Lipinski definition) is 2. The van der Waals surface area contributed by atoms with Crippen LogP contribution in [-0.2, 0) is 38.1 Å². The predicted molar refractivity (Wildman–Crippen MR) is 211 cm³/mol. The first kappa shape index (κ1) is 43.4. The Morgan fingerprint density at radius 2 is 1.61 bits per heavy atom. The van der Waals surface area contributed by atoms with Crippen molar-refractivity contribution in [2.24, 2.45) is 5.92 Å². The van der Waals surface area contributed by atoms with Crippen LogP contribution in [0.2, 0.25) is 0 Å². The van der Waals surface area contributed by atoms with E-state index in [9.17, 15) is 24.0 Å². The van der Waals surface area contributed by atoms with Crippen molar-refractivity contribution in [3.63, 3.8) is 0 Å². The molecule has 0 spiro atoms. The molecule has 0 radical (unpaired) electrons. The second kappa shape index (κ2) is 20.1. The fraction of sp³-hybridized carbons (Fsp3) is 0.575. The van der Waals surface area contributed by atoms with Gasteiger partial charge in [-0.25, -0.2) is 14.6 Å². The lowest BCUT2D eigenvalue weighted by Gasteiger charge is -2.38. The highest BCUT2D eigenvalue weighted by Crippen LogP contribution is 2.39. The Kier molecular flexibility index (Phi) is 15.3. The van der Waals surface area contributed by atoms with E-state index < -0.39 is 42.3 Å². The molecule has 16 nitrogen and oxygen atoms in total. The minimum atomic E-state index is -1.05. The molecule has 1 aromatic carbocycles. The Morgan fingerprint density at radius 1 is 0.947 bits per heavy atom. The highest BCUT2D eigenvalue weighted by molar-refractivity contribution is 7.18. The first-order valence-corrected chi connectivity index (χ1v) is 20.2. The summed E-state index contributed by atoms with van der Waals surface area (Å²) in [6, 6.07) is 9.66. The molecule has 2 aromatic heterocycles. The van der Waals surface area contributed by atoms with Gasteiger partial charge >= 0.3 is 12.1 Å². The standard InChI is InChI=1S/C40H54N6O10S/c1-26(44(5)39(52)56-40(2,3)4)36(50)42-34(28-14-18-45(19-15-28)31(47)24-54-22-20-53-21-23-55-25-32(48)49)38(51)46-17-9-12-29(46)37-43-35-30(57-37)13-16-41-33(35)27-10-7-6-8-11-27/h6-8,10-11,13,16,26,28-29,34H,9,12,14-15,17-25H2,1-5H3,(H,42,50)(H,48,49)/t26-,29-,34-/m0/s1.